The summed E-state index contributed by atoms with van der Waals surface area (Å²) in [6.45, 7) is 6.63. The van der Waals surface area contributed by atoms with Crippen LogP contribution in [0.4, 0.5) is 4.39 Å². The maximum absolute atomic E-state index is 13.7. The van der Waals surface area contributed by atoms with Crippen LogP contribution in [0.3, 0.4) is 0 Å². The van der Waals surface area contributed by atoms with Gasteiger partial charge in [0.2, 0.25) is 0 Å². The van der Waals surface area contributed by atoms with Crippen LogP contribution >= 0.6 is 11.8 Å². The van der Waals surface area contributed by atoms with Crippen LogP contribution < -0.4 is 4.74 Å². The number of thioether (sulfide) groups is 1. The predicted molar refractivity (Wildman–Crippen MR) is 105 cm³/mol. The lowest BCUT2D eigenvalue weighted by Gasteiger charge is -2.11. The SMILES string of the molecule is CC(=O)c1c(C)[nH]c(C(=O)CSc2nnc([C@@H](C)Oc3ccccc3F)o2)c1C. The first kappa shape index (κ1) is 20.8. The summed E-state index contributed by atoms with van der Waals surface area (Å²) < 4.78 is 24.7. The van der Waals surface area contributed by atoms with Gasteiger partial charge in [-0.15, -0.1) is 10.2 Å². The van der Waals surface area contributed by atoms with Crippen LogP contribution in [0.1, 0.15) is 57.9 Å². The van der Waals surface area contributed by atoms with Gasteiger partial charge in [-0.1, -0.05) is 23.9 Å². The van der Waals surface area contributed by atoms with Crippen molar-refractivity contribution in [2.45, 2.75) is 39.0 Å². The summed E-state index contributed by atoms with van der Waals surface area (Å²) in [6, 6.07) is 6.03. The van der Waals surface area contributed by atoms with Crippen molar-refractivity contribution < 1.29 is 23.1 Å². The second-order valence-corrected chi connectivity index (χ2v) is 7.42. The van der Waals surface area contributed by atoms with Crippen LogP contribution in [0, 0.1) is 19.7 Å². The first-order valence-electron chi connectivity index (χ1n) is 8.88. The molecule has 1 atom stereocenters. The van der Waals surface area contributed by atoms with Crippen LogP contribution in [-0.4, -0.2) is 32.5 Å². The number of carbonyl (C=O) groups excluding carboxylic acids is 2. The number of aryl methyl sites for hydroxylation is 1. The number of nitrogens with one attached hydrogen (secondary N) is 1. The molecule has 7 nitrogen and oxygen atoms in total. The molecule has 2 heterocycles. The summed E-state index contributed by atoms with van der Waals surface area (Å²) in [6.07, 6.45) is -0.657. The van der Waals surface area contributed by atoms with Crippen molar-refractivity contribution in [2.24, 2.45) is 0 Å². The highest BCUT2D eigenvalue weighted by molar-refractivity contribution is 7.99. The van der Waals surface area contributed by atoms with Crippen LogP contribution in [0.2, 0.25) is 0 Å². The van der Waals surface area contributed by atoms with Crippen molar-refractivity contribution in [3.8, 4) is 5.75 Å². The van der Waals surface area contributed by atoms with Crippen molar-refractivity contribution in [1.29, 1.82) is 0 Å². The standard InChI is InChI=1S/C20H20FN3O4S/c1-10-17(12(3)25)11(2)22-18(10)15(26)9-29-20-24-23-19(28-20)13(4)27-16-8-6-5-7-14(16)21/h5-8,13,22H,9H2,1-4H3/t13-/m1/s1. The van der Waals surface area contributed by atoms with Crippen molar-refractivity contribution in [3.63, 3.8) is 0 Å². The van der Waals surface area contributed by atoms with E-state index in [-0.39, 0.29) is 34.2 Å². The second-order valence-electron chi connectivity index (χ2n) is 6.49. The summed E-state index contributed by atoms with van der Waals surface area (Å²) in [5, 5.41) is 8.00. The van der Waals surface area contributed by atoms with Crippen molar-refractivity contribution in [1.82, 2.24) is 15.2 Å². The molecular weight excluding hydrogens is 397 g/mol. The zero-order valence-electron chi connectivity index (χ0n) is 16.4. The number of ether oxygens (including phenoxy) is 1. The third kappa shape index (κ3) is 4.56. The van der Waals surface area contributed by atoms with Gasteiger partial charge in [0.1, 0.15) is 0 Å². The molecule has 3 rings (SSSR count). The molecule has 0 aliphatic heterocycles. The molecule has 0 aliphatic rings. The first-order valence-corrected chi connectivity index (χ1v) is 9.87. The summed E-state index contributed by atoms with van der Waals surface area (Å²) in [5.74, 6) is -0.439. The lowest BCUT2D eigenvalue weighted by molar-refractivity contribution is 0.101. The number of halogens is 1. The Labute approximate surface area is 171 Å². The van der Waals surface area contributed by atoms with Crippen LogP contribution in [0.5, 0.6) is 5.75 Å². The zero-order chi connectivity index (χ0) is 21.1. The van der Waals surface area contributed by atoms with Gasteiger partial charge in [-0.05, 0) is 45.4 Å². The summed E-state index contributed by atoms with van der Waals surface area (Å²) in [5.41, 5.74) is 2.25. The number of carbonyl (C=O) groups is 2. The van der Waals surface area contributed by atoms with Gasteiger partial charge in [0.25, 0.3) is 11.1 Å². The van der Waals surface area contributed by atoms with Crippen LogP contribution in [0.25, 0.3) is 0 Å². The number of H-pyrrole nitrogens is 1. The quantitative estimate of drug-likeness (QED) is 0.426. The Morgan fingerprint density at radius 3 is 2.66 bits per heavy atom. The van der Waals surface area contributed by atoms with Gasteiger partial charge in [0.15, 0.2) is 29.2 Å². The van der Waals surface area contributed by atoms with Crippen molar-refractivity contribution in [3.05, 3.63) is 58.5 Å². The number of aromatic amines is 1. The van der Waals surface area contributed by atoms with E-state index in [9.17, 15) is 14.0 Å². The van der Waals surface area contributed by atoms with Gasteiger partial charge in [0, 0.05) is 11.3 Å². The number of ketones is 2. The third-order valence-corrected chi connectivity index (χ3v) is 5.12. The molecule has 0 bridgehead atoms. The Balaban J connectivity index is 1.63. The minimum atomic E-state index is -0.657. The molecule has 0 amide bonds. The lowest BCUT2D eigenvalue weighted by Crippen LogP contribution is -2.05. The topological polar surface area (TPSA) is 98.1 Å². The Bertz CT molecular complexity index is 1060. The molecule has 0 saturated heterocycles. The number of aromatic nitrogens is 3. The fraction of sp³-hybridized carbons (Fsp3) is 0.300. The van der Waals surface area contributed by atoms with E-state index < -0.39 is 11.9 Å². The van der Waals surface area contributed by atoms with E-state index in [1.807, 2.05) is 0 Å². The number of Topliss-reactive ketones (excluding diaryl/α,β-unsaturated/α-hetero) is 2. The van der Waals surface area contributed by atoms with E-state index in [1.165, 1.54) is 19.1 Å². The smallest absolute Gasteiger partial charge is 0.277 e. The minimum Gasteiger partial charge on any atom is -0.478 e. The average Bonchev–Trinajstić information content (AvgIpc) is 3.26. The van der Waals surface area contributed by atoms with Gasteiger partial charge in [-0.3, -0.25) is 9.59 Å². The van der Waals surface area contributed by atoms with E-state index in [1.54, 1.807) is 32.9 Å². The molecule has 152 valence electrons. The number of hydrogen-bond acceptors (Lipinski definition) is 7. The van der Waals surface area contributed by atoms with Crippen LogP contribution in [0.15, 0.2) is 33.9 Å². The lowest BCUT2D eigenvalue weighted by atomic mass is 10.1. The molecular formula is C20H20FN3O4S. The molecule has 0 aliphatic carbocycles. The van der Waals surface area contributed by atoms with E-state index in [0.717, 1.165) is 11.8 Å². The summed E-state index contributed by atoms with van der Waals surface area (Å²) in [4.78, 5) is 27.2. The Morgan fingerprint density at radius 2 is 2.00 bits per heavy atom. The normalized spacial score (nSPS) is 12.0. The third-order valence-electron chi connectivity index (χ3n) is 4.31. The fourth-order valence-electron chi connectivity index (χ4n) is 2.98. The first-order chi connectivity index (χ1) is 13.8. The van der Waals surface area contributed by atoms with Gasteiger partial charge in [0.05, 0.1) is 11.4 Å². The molecule has 0 radical (unpaired) electrons. The number of benzene rings is 1. The number of nitrogens with zero attached hydrogens (tertiary/aromatic N) is 2. The molecule has 0 fully saturated rings. The summed E-state index contributed by atoms with van der Waals surface area (Å²) >= 11 is 1.08. The van der Waals surface area contributed by atoms with Gasteiger partial charge in [-0.25, -0.2) is 4.39 Å². The highest BCUT2D eigenvalue weighted by Crippen LogP contribution is 2.26. The molecule has 29 heavy (non-hydrogen) atoms. The maximum atomic E-state index is 13.7. The van der Waals surface area contributed by atoms with E-state index in [0.29, 0.717) is 22.5 Å². The molecule has 9 heteroatoms. The fourth-order valence-corrected chi connectivity index (χ4v) is 3.62. The number of hydrogen-bond donors (Lipinski definition) is 1. The Kier molecular flexibility index (Phi) is 6.17. The monoisotopic (exact) mass is 417 g/mol. The van der Waals surface area contributed by atoms with E-state index in [4.69, 9.17) is 9.15 Å². The Morgan fingerprint density at radius 1 is 1.28 bits per heavy atom. The van der Waals surface area contributed by atoms with Crippen molar-refractivity contribution in [2.75, 3.05) is 5.75 Å². The van der Waals surface area contributed by atoms with Gasteiger partial charge in [-0.2, -0.15) is 0 Å². The van der Waals surface area contributed by atoms with E-state index in [2.05, 4.69) is 15.2 Å². The number of para-hydroxylation sites is 1. The largest absolute Gasteiger partial charge is 0.478 e. The number of rotatable bonds is 8. The van der Waals surface area contributed by atoms with E-state index >= 15 is 0 Å². The average molecular weight is 417 g/mol. The molecule has 0 unspecified atom stereocenters. The maximum Gasteiger partial charge on any atom is 0.277 e. The molecule has 0 saturated carbocycles. The van der Waals surface area contributed by atoms with Crippen LogP contribution in [-0.2, 0) is 0 Å². The van der Waals surface area contributed by atoms with Crippen molar-refractivity contribution >= 4 is 23.3 Å². The highest BCUT2D eigenvalue weighted by Gasteiger charge is 2.22. The minimum absolute atomic E-state index is 0.0579. The molecule has 3 aromatic rings. The van der Waals surface area contributed by atoms with Gasteiger partial charge < -0.3 is 14.1 Å². The Hall–Kier alpha value is -2.94. The second kappa shape index (κ2) is 8.60. The molecule has 2 aromatic heterocycles. The molecule has 0 spiro atoms. The molecule has 1 N–H and O–H groups in total. The highest BCUT2D eigenvalue weighted by atomic mass is 32.2. The molecule has 1 aromatic carbocycles. The predicted octanol–water partition coefficient (Wildman–Crippen LogP) is 4.47. The summed E-state index contributed by atoms with van der Waals surface area (Å²) in [7, 11) is 0. The van der Waals surface area contributed by atoms with Gasteiger partial charge >= 0.3 is 0 Å². The zero-order valence-corrected chi connectivity index (χ0v) is 17.2.